The third-order valence-electron chi connectivity index (χ3n) is 2.94. The van der Waals surface area contributed by atoms with E-state index in [1.165, 1.54) is 0 Å². The molecule has 1 rings (SSSR count). The van der Waals surface area contributed by atoms with Gasteiger partial charge < -0.3 is 15.2 Å². The second-order valence-electron chi connectivity index (χ2n) is 4.53. The van der Waals surface area contributed by atoms with E-state index in [4.69, 9.17) is 15.2 Å². The molecule has 0 saturated heterocycles. The van der Waals surface area contributed by atoms with Gasteiger partial charge in [0.25, 0.3) is 0 Å². The molecule has 0 spiro atoms. The van der Waals surface area contributed by atoms with Gasteiger partial charge in [0.15, 0.2) is 6.10 Å². The average Bonchev–Trinajstić information content (AvgIpc) is 2.38. The molecule has 4 nitrogen and oxygen atoms in total. The zero-order chi connectivity index (χ0) is 14.4. The maximum atomic E-state index is 11.8. The van der Waals surface area contributed by atoms with Crippen LogP contribution >= 0.6 is 0 Å². The van der Waals surface area contributed by atoms with Crippen molar-refractivity contribution in [2.75, 3.05) is 6.61 Å². The number of hydrogen-bond donors (Lipinski definition) is 1. The van der Waals surface area contributed by atoms with Crippen LogP contribution in [0.3, 0.4) is 0 Å². The number of aryl methyl sites for hydroxylation is 2. The number of rotatable bonds is 6. The fourth-order valence-corrected chi connectivity index (χ4v) is 2.02. The Morgan fingerprint density at radius 2 is 1.84 bits per heavy atom. The Morgan fingerprint density at radius 3 is 2.26 bits per heavy atom. The third-order valence-corrected chi connectivity index (χ3v) is 2.94. The molecule has 0 saturated carbocycles. The van der Waals surface area contributed by atoms with Crippen molar-refractivity contribution in [3.05, 3.63) is 28.8 Å². The van der Waals surface area contributed by atoms with Crippen LogP contribution in [0.4, 0.5) is 0 Å². The van der Waals surface area contributed by atoms with E-state index in [1.54, 1.807) is 6.92 Å². The first-order chi connectivity index (χ1) is 9.03. The molecule has 0 radical (unpaired) electrons. The number of benzene rings is 1. The van der Waals surface area contributed by atoms with Crippen molar-refractivity contribution in [2.24, 2.45) is 5.73 Å². The lowest BCUT2D eigenvalue weighted by molar-refractivity contribution is -0.151. The number of esters is 1. The highest BCUT2D eigenvalue weighted by molar-refractivity contribution is 5.75. The molecule has 1 aromatic carbocycles. The average molecular weight is 265 g/mol. The van der Waals surface area contributed by atoms with E-state index in [-0.39, 0.29) is 5.97 Å². The second-order valence-corrected chi connectivity index (χ2v) is 4.53. The van der Waals surface area contributed by atoms with Gasteiger partial charge in [0, 0.05) is 6.54 Å². The molecule has 0 aliphatic heterocycles. The maximum Gasteiger partial charge on any atom is 0.347 e. The summed E-state index contributed by atoms with van der Waals surface area (Å²) in [6.07, 6.45) is 0.0252. The molecule has 2 N–H and O–H groups in total. The highest BCUT2D eigenvalue weighted by Gasteiger charge is 2.21. The van der Waals surface area contributed by atoms with Crippen LogP contribution in [-0.4, -0.2) is 18.7 Å². The van der Waals surface area contributed by atoms with Gasteiger partial charge in [-0.25, -0.2) is 4.79 Å². The number of ether oxygens (including phenoxy) is 2. The highest BCUT2D eigenvalue weighted by Crippen LogP contribution is 2.26. The summed E-state index contributed by atoms with van der Waals surface area (Å²) in [7, 11) is 0. The molecule has 19 heavy (non-hydrogen) atoms. The lowest BCUT2D eigenvalue weighted by Crippen LogP contribution is -2.29. The summed E-state index contributed by atoms with van der Waals surface area (Å²) < 4.78 is 10.8. The predicted molar refractivity (Wildman–Crippen MR) is 75.1 cm³/mol. The molecule has 1 aromatic rings. The van der Waals surface area contributed by atoms with Gasteiger partial charge >= 0.3 is 5.97 Å². The highest BCUT2D eigenvalue weighted by atomic mass is 16.6. The van der Waals surface area contributed by atoms with Crippen LogP contribution in [0.2, 0.25) is 0 Å². The van der Waals surface area contributed by atoms with Crippen LogP contribution in [-0.2, 0) is 16.1 Å². The molecule has 0 fully saturated rings. The van der Waals surface area contributed by atoms with E-state index in [0.717, 1.165) is 22.4 Å². The van der Waals surface area contributed by atoms with E-state index in [2.05, 4.69) is 0 Å². The largest absolute Gasteiger partial charge is 0.478 e. The molecule has 0 heterocycles. The molecule has 0 aliphatic rings. The molecule has 0 aliphatic carbocycles. The first-order valence-corrected chi connectivity index (χ1v) is 6.66. The lowest BCUT2D eigenvalue weighted by atomic mass is 10.1. The molecule has 0 aromatic heterocycles. The predicted octanol–water partition coefficient (Wildman–Crippen LogP) is 2.48. The smallest absolute Gasteiger partial charge is 0.347 e. The molecule has 106 valence electrons. The van der Waals surface area contributed by atoms with Gasteiger partial charge in [-0.3, -0.25) is 0 Å². The first-order valence-electron chi connectivity index (χ1n) is 6.66. The minimum Gasteiger partial charge on any atom is -0.478 e. The lowest BCUT2D eigenvalue weighted by Gasteiger charge is -2.19. The summed E-state index contributed by atoms with van der Waals surface area (Å²) in [5, 5.41) is 0. The summed E-state index contributed by atoms with van der Waals surface area (Å²) in [5.74, 6) is 0.434. The standard InChI is InChI=1S/C15H23NO3/c1-5-13(15(17)18-6-2)19-14-10(3)7-12(9-16)8-11(14)4/h7-8,13H,5-6,9,16H2,1-4H3. The normalized spacial score (nSPS) is 12.1. The van der Waals surface area contributed by atoms with Crippen molar-refractivity contribution in [1.29, 1.82) is 0 Å². The van der Waals surface area contributed by atoms with Crippen molar-refractivity contribution < 1.29 is 14.3 Å². The summed E-state index contributed by atoms with van der Waals surface area (Å²) in [6, 6.07) is 3.97. The van der Waals surface area contributed by atoms with E-state index < -0.39 is 6.10 Å². The Balaban J connectivity index is 2.94. The van der Waals surface area contributed by atoms with Crippen LogP contribution in [0.5, 0.6) is 5.75 Å². The van der Waals surface area contributed by atoms with Gasteiger partial charge in [0.05, 0.1) is 6.61 Å². The summed E-state index contributed by atoms with van der Waals surface area (Å²) in [6.45, 7) is 8.47. The van der Waals surface area contributed by atoms with Crippen LogP contribution < -0.4 is 10.5 Å². The second kappa shape index (κ2) is 7.14. The van der Waals surface area contributed by atoms with Gasteiger partial charge in [0.1, 0.15) is 5.75 Å². The zero-order valence-electron chi connectivity index (χ0n) is 12.2. The fraction of sp³-hybridized carbons (Fsp3) is 0.533. The zero-order valence-corrected chi connectivity index (χ0v) is 12.2. The van der Waals surface area contributed by atoms with Crippen molar-refractivity contribution in [3.8, 4) is 5.75 Å². The van der Waals surface area contributed by atoms with Gasteiger partial charge in [-0.2, -0.15) is 0 Å². The third kappa shape index (κ3) is 3.96. The molecule has 0 amide bonds. The van der Waals surface area contributed by atoms with Crippen LogP contribution in [0.25, 0.3) is 0 Å². The summed E-state index contributed by atoms with van der Waals surface area (Å²) in [4.78, 5) is 11.8. The minimum absolute atomic E-state index is 0.313. The van der Waals surface area contributed by atoms with Crippen LogP contribution in [0.1, 0.15) is 37.0 Å². The van der Waals surface area contributed by atoms with E-state index >= 15 is 0 Å². The molecule has 4 heteroatoms. The first kappa shape index (κ1) is 15.5. The van der Waals surface area contributed by atoms with Gasteiger partial charge in [-0.05, 0) is 43.9 Å². The number of carbonyl (C=O) groups excluding carboxylic acids is 1. The SMILES string of the molecule is CCOC(=O)C(CC)Oc1c(C)cc(CN)cc1C. The van der Waals surface area contributed by atoms with Crippen molar-refractivity contribution in [3.63, 3.8) is 0 Å². The Bertz CT molecular complexity index is 420. The topological polar surface area (TPSA) is 61.5 Å². The molecular weight excluding hydrogens is 242 g/mol. The van der Waals surface area contributed by atoms with E-state index in [0.29, 0.717) is 19.6 Å². The Kier molecular flexibility index (Phi) is 5.83. The summed E-state index contributed by atoms with van der Waals surface area (Å²) in [5.41, 5.74) is 8.68. The minimum atomic E-state index is -0.555. The maximum absolute atomic E-state index is 11.8. The number of carbonyl (C=O) groups is 1. The van der Waals surface area contributed by atoms with Gasteiger partial charge in [-0.1, -0.05) is 19.1 Å². The van der Waals surface area contributed by atoms with Crippen molar-refractivity contribution >= 4 is 5.97 Å². The number of nitrogens with two attached hydrogens (primary N) is 1. The van der Waals surface area contributed by atoms with Crippen molar-refractivity contribution in [2.45, 2.75) is 46.8 Å². The van der Waals surface area contributed by atoms with E-state index in [1.807, 2.05) is 32.9 Å². The molecule has 1 atom stereocenters. The Morgan fingerprint density at radius 1 is 1.26 bits per heavy atom. The molecule has 0 bridgehead atoms. The monoisotopic (exact) mass is 265 g/mol. The van der Waals surface area contributed by atoms with Crippen molar-refractivity contribution in [1.82, 2.24) is 0 Å². The Labute approximate surface area is 114 Å². The Hall–Kier alpha value is -1.55. The number of hydrogen-bond acceptors (Lipinski definition) is 4. The fourth-order valence-electron chi connectivity index (χ4n) is 2.02. The quantitative estimate of drug-likeness (QED) is 0.803. The van der Waals surface area contributed by atoms with E-state index in [9.17, 15) is 4.79 Å². The van der Waals surface area contributed by atoms with Gasteiger partial charge in [-0.15, -0.1) is 0 Å². The summed E-state index contributed by atoms with van der Waals surface area (Å²) >= 11 is 0. The van der Waals surface area contributed by atoms with Crippen LogP contribution in [0.15, 0.2) is 12.1 Å². The molecule has 1 unspecified atom stereocenters. The van der Waals surface area contributed by atoms with Gasteiger partial charge in [0.2, 0.25) is 0 Å². The van der Waals surface area contributed by atoms with Crippen LogP contribution in [0, 0.1) is 13.8 Å². The molecular formula is C15H23NO3.